The number of hydrogen-bond donors (Lipinski definition) is 0. The first-order valence-corrected chi connectivity index (χ1v) is 5.06. The van der Waals surface area contributed by atoms with Crippen LogP contribution in [-0.2, 0) is 0 Å². The monoisotopic (exact) mass is 192 g/mol. The van der Waals surface area contributed by atoms with Crippen LogP contribution in [0.4, 0.5) is 0 Å². The topological polar surface area (TPSA) is 0 Å². The zero-order valence-electron chi connectivity index (χ0n) is 10.4. The molecule has 0 aromatic rings. The molecule has 0 amide bonds. The SMILES string of the molecule is C=C(C)/C=C/C.C=C/C(C)=C(\C)CC. The summed E-state index contributed by atoms with van der Waals surface area (Å²) in [5, 5.41) is 0. The molecule has 0 unspecified atom stereocenters. The van der Waals surface area contributed by atoms with Crippen molar-refractivity contribution in [2.45, 2.75) is 41.0 Å². The van der Waals surface area contributed by atoms with E-state index < -0.39 is 0 Å². The summed E-state index contributed by atoms with van der Waals surface area (Å²) in [6.45, 7) is 17.7. The zero-order valence-corrected chi connectivity index (χ0v) is 10.4. The van der Waals surface area contributed by atoms with E-state index in [1.807, 2.05) is 32.1 Å². The van der Waals surface area contributed by atoms with Crippen LogP contribution in [-0.4, -0.2) is 0 Å². The average Bonchev–Trinajstić information content (AvgIpc) is 2.16. The van der Waals surface area contributed by atoms with Crippen molar-refractivity contribution in [2.24, 2.45) is 0 Å². The van der Waals surface area contributed by atoms with Gasteiger partial charge in [0.15, 0.2) is 0 Å². The van der Waals surface area contributed by atoms with E-state index in [4.69, 9.17) is 0 Å². The molecule has 0 saturated carbocycles. The Balaban J connectivity index is 0. The molecule has 0 fully saturated rings. The van der Waals surface area contributed by atoms with Gasteiger partial charge in [-0.3, -0.25) is 0 Å². The smallest absolute Gasteiger partial charge is 0.0346 e. The summed E-state index contributed by atoms with van der Waals surface area (Å²) in [5.41, 5.74) is 3.85. The molecule has 0 aromatic heterocycles. The van der Waals surface area contributed by atoms with Crippen LogP contribution in [0.2, 0.25) is 0 Å². The maximum Gasteiger partial charge on any atom is -0.0346 e. The van der Waals surface area contributed by atoms with Crippen molar-refractivity contribution in [3.8, 4) is 0 Å². The van der Waals surface area contributed by atoms with Crippen LogP contribution in [0.1, 0.15) is 41.0 Å². The summed E-state index contributed by atoms with van der Waals surface area (Å²) in [4.78, 5) is 0. The van der Waals surface area contributed by atoms with Gasteiger partial charge in [-0.25, -0.2) is 0 Å². The van der Waals surface area contributed by atoms with Crippen molar-refractivity contribution in [2.75, 3.05) is 0 Å². The van der Waals surface area contributed by atoms with E-state index in [0.717, 1.165) is 12.0 Å². The van der Waals surface area contributed by atoms with E-state index in [2.05, 4.69) is 33.9 Å². The lowest BCUT2D eigenvalue weighted by Crippen LogP contribution is -1.75. The van der Waals surface area contributed by atoms with Crippen molar-refractivity contribution in [1.29, 1.82) is 0 Å². The second-order valence-electron chi connectivity index (χ2n) is 3.37. The van der Waals surface area contributed by atoms with Crippen LogP contribution in [0.3, 0.4) is 0 Å². The summed E-state index contributed by atoms with van der Waals surface area (Å²) < 4.78 is 0. The molecule has 0 nitrogen and oxygen atoms in total. The van der Waals surface area contributed by atoms with Gasteiger partial charge in [0.2, 0.25) is 0 Å². The molecular weight excluding hydrogens is 168 g/mol. The van der Waals surface area contributed by atoms with Crippen molar-refractivity contribution < 1.29 is 0 Å². The van der Waals surface area contributed by atoms with Gasteiger partial charge in [0.25, 0.3) is 0 Å². The van der Waals surface area contributed by atoms with Gasteiger partial charge in [0.05, 0.1) is 0 Å². The van der Waals surface area contributed by atoms with Gasteiger partial charge in [-0.1, -0.05) is 55.0 Å². The third-order valence-electron chi connectivity index (χ3n) is 1.96. The number of allylic oxidation sites excluding steroid dienone is 6. The number of rotatable bonds is 3. The standard InChI is InChI=1S/C8H14.C6H10/c1-5-7(3)8(4)6-2;1-4-5-6(2)3/h5H,1,6H2,2-4H3;4-5H,2H2,1,3H3/b8-7+;5-4+. The minimum absolute atomic E-state index is 1.11. The normalized spacial score (nSPS) is 11.5. The molecule has 80 valence electrons. The Hall–Kier alpha value is -1.04. The van der Waals surface area contributed by atoms with Crippen LogP contribution in [0.15, 0.2) is 48.1 Å². The lowest BCUT2D eigenvalue weighted by Gasteiger charge is -1.96. The molecule has 0 spiro atoms. The highest BCUT2D eigenvalue weighted by molar-refractivity contribution is 5.19. The highest BCUT2D eigenvalue weighted by atomic mass is 13.9. The summed E-state index contributed by atoms with van der Waals surface area (Å²) in [6.07, 6.45) is 6.99. The lowest BCUT2D eigenvalue weighted by molar-refractivity contribution is 1.07. The third kappa shape index (κ3) is 11.0. The van der Waals surface area contributed by atoms with Crippen molar-refractivity contribution in [3.05, 3.63) is 48.1 Å². The molecule has 0 aliphatic heterocycles. The van der Waals surface area contributed by atoms with E-state index in [1.165, 1.54) is 11.1 Å². The Labute approximate surface area is 89.7 Å². The van der Waals surface area contributed by atoms with Crippen LogP contribution in [0.25, 0.3) is 0 Å². The van der Waals surface area contributed by atoms with Crippen molar-refractivity contribution in [1.82, 2.24) is 0 Å². The molecule has 14 heavy (non-hydrogen) atoms. The van der Waals surface area contributed by atoms with Gasteiger partial charge in [-0.15, -0.1) is 0 Å². The molecule has 0 aliphatic carbocycles. The van der Waals surface area contributed by atoms with Crippen LogP contribution < -0.4 is 0 Å². The van der Waals surface area contributed by atoms with Gasteiger partial charge in [0, 0.05) is 0 Å². The molecule has 0 N–H and O–H groups in total. The Morgan fingerprint density at radius 1 is 1.21 bits per heavy atom. The lowest BCUT2D eigenvalue weighted by atomic mass is 10.1. The fraction of sp³-hybridized carbons (Fsp3) is 0.429. The first kappa shape index (κ1) is 15.4. The van der Waals surface area contributed by atoms with E-state index in [1.54, 1.807) is 0 Å². The van der Waals surface area contributed by atoms with E-state index >= 15 is 0 Å². The van der Waals surface area contributed by atoms with Gasteiger partial charge in [-0.2, -0.15) is 0 Å². The van der Waals surface area contributed by atoms with Gasteiger partial charge >= 0.3 is 0 Å². The predicted molar refractivity (Wildman–Crippen MR) is 68.5 cm³/mol. The summed E-state index contributed by atoms with van der Waals surface area (Å²) in [6, 6.07) is 0. The Morgan fingerprint density at radius 3 is 1.79 bits per heavy atom. The Bertz CT molecular complexity index is 226. The molecule has 0 saturated heterocycles. The van der Waals surface area contributed by atoms with Crippen LogP contribution >= 0.6 is 0 Å². The maximum atomic E-state index is 3.67. The van der Waals surface area contributed by atoms with E-state index in [0.29, 0.717) is 0 Å². The molecule has 0 heteroatoms. The average molecular weight is 192 g/mol. The van der Waals surface area contributed by atoms with E-state index in [9.17, 15) is 0 Å². The van der Waals surface area contributed by atoms with Gasteiger partial charge < -0.3 is 0 Å². The van der Waals surface area contributed by atoms with Gasteiger partial charge in [-0.05, 0) is 34.1 Å². The first-order chi connectivity index (χ1) is 6.49. The Morgan fingerprint density at radius 2 is 1.71 bits per heavy atom. The molecule has 0 atom stereocenters. The maximum absolute atomic E-state index is 3.67. The third-order valence-corrected chi connectivity index (χ3v) is 1.96. The highest BCUT2D eigenvalue weighted by Gasteiger charge is 1.85. The quantitative estimate of drug-likeness (QED) is 0.548. The fourth-order valence-corrected chi connectivity index (χ4v) is 0.738. The van der Waals surface area contributed by atoms with Crippen LogP contribution in [0, 0.1) is 0 Å². The van der Waals surface area contributed by atoms with Crippen LogP contribution in [0.5, 0.6) is 0 Å². The molecular formula is C14H24. The number of hydrogen-bond acceptors (Lipinski definition) is 0. The largest absolute Gasteiger partial charge is 0.0988 e. The van der Waals surface area contributed by atoms with Gasteiger partial charge in [0.1, 0.15) is 0 Å². The first-order valence-electron chi connectivity index (χ1n) is 5.06. The highest BCUT2D eigenvalue weighted by Crippen LogP contribution is 2.06. The summed E-state index contributed by atoms with van der Waals surface area (Å²) in [7, 11) is 0. The molecule has 0 radical (unpaired) electrons. The van der Waals surface area contributed by atoms with Crippen molar-refractivity contribution in [3.63, 3.8) is 0 Å². The molecule has 0 rings (SSSR count). The summed E-state index contributed by atoms with van der Waals surface area (Å²) >= 11 is 0. The predicted octanol–water partition coefficient (Wildman–Crippen LogP) is 5.06. The van der Waals surface area contributed by atoms with Crippen molar-refractivity contribution >= 4 is 0 Å². The fourth-order valence-electron chi connectivity index (χ4n) is 0.738. The second-order valence-corrected chi connectivity index (χ2v) is 3.37. The second kappa shape index (κ2) is 10.0. The molecule has 0 bridgehead atoms. The summed E-state index contributed by atoms with van der Waals surface area (Å²) in [5.74, 6) is 0. The minimum Gasteiger partial charge on any atom is -0.0988 e. The molecule has 0 aliphatic rings. The molecule has 0 aromatic carbocycles. The minimum atomic E-state index is 1.11. The Kier molecular flexibility index (Phi) is 11.1. The van der Waals surface area contributed by atoms with E-state index in [-0.39, 0.29) is 0 Å². The zero-order chi connectivity index (χ0) is 11.6. The molecule has 0 heterocycles.